The van der Waals surface area contributed by atoms with Gasteiger partial charge in [0.2, 0.25) is 0 Å². The van der Waals surface area contributed by atoms with E-state index in [-0.39, 0.29) is 18.2 Å². The minimum absolute atomic E-state index is 0.0393. The van der Waals surface area contributed by atoms with Crippen LogP contribution in [0.2, 0.25) is 0 Å². The van der Waals surface area contributed by atoms with Crippen LogP contribution in [0.3, 0.4) is 0 Å². The van der Waals surface area contributed by atoms with Gasteiger partial charge in [-0.3, -0.25) is 0 Å². The van der Waals surface area contributed by atoms with Gasteiger partial charge in [0, 0.05) is 18.9 Å². The van der Waals surface area contributed by atoms with Gasteiger partial charge in [0.15, 0.2) is 0 Å². The molecule has 2 rings (SSSR count). The number of aliphatic hydroxyl groups excluding tert-OH is 1. The van der Waals surface area contributed by atoms with E-state index in [2.05, 4.69) is 5.32 Å². The molecular formula is C15H23NO3. The average Bonchev–Trinajstić information content (AvgIpc) is 2.47. The zero-order valence-corrected chi connectivity index (χ0v) is 11.7. The van der Waals surface area contributed by atoms with Crippen LogP contribution >= 0.6 is 0 Å². The highest BCUT2D eigenvalue weighted by Gasteiger charge is 2.40. The summed E-state index contributed by atoms with van der Waals surface area (Å²) >= 11 is 0. The monoisotopic (exact) mass is 265 g/mol. The molecule has 0 aromatic heterocycles. The fraction of sp³-hybridized carbons (Fsp3) is 0.600. The van der Waals surface area contributed by atoms with Gasteiger partial charge in [0.25, 0.3) is 0 Å². The summed E-state index contributed by atoms with van der Waals surface area (Å²) in [5, 5.41) is 13.3. The van der Waals surface area contributed by atoms with Crippen LogP contribution in [0.25, 0.3) is 0 Å². The molecule has 4 nitrogen and oxygen atoms in total. The molecule has 19 heavy (non-hydrogen) atoms. The lowest BCUT2D eigenvalue weighted by Gasteiger charge is -2.43. The topological polar surface area (TPSA) is 50.7 Å². The van der Waals surface area contributed by atoms with Crippen molar-refractivity contribution in [3.63, 3.8) is 0 Å². The summed E-state index contributed by atoms with van der Waals surface area (Å²) in [5.41, 5.74) is 0.566. The summed E-state index contributed by atoms with van der Waals surface area (Å²) < 4.78 is 10.8. The number of hydrogen-bond donors (Lipinski definition) is 2. The largest absolute Gasteiger partial charge is 0.497 e. The smallest absolute Gasteiger partial charge is 0.120 e. The predicted molar refractivity (Wildman–Crippen MR) is 75.7 cm³/mol. The highest BCUT2D eigenvalue weighted by molar-refractivity contribution is 5.50. The Kier molecular flexibility index (Phi) is 4.66. The molecule has 1 aliphatic carbocycles. The molecule has 0 bridgehead atoms. The van der Waals surface area contributed by atoms with Crippen molar-refractivity contribution < 1.29 is 14.6 Å². The van der Waals surface area contributed by atoms with Gasteiger partial charge in [-0.25, -0.2) is 0 Å². The molecule has 0 spiro atoms. The summed E-state index contributed by atoms with van der Waals surface area (Å²) in [7, 11) is 3.37. The minimum Gasteiger partial charge on any atom is -0.497 e. The van der Waals surface area contributed by atoms with E-state index in [1.54, 1.807) is 14.2 Å². The van der Waals surface area contributed by atoms with Crippen LogP contribution in [0, 0.1) is 0 Å². The lowest BCUT2D eigenvalue weighted by Crippen LogP contribution is -2.55. The van der Waals surface area contributed by atoms with Gasteiger partial charge < -0.3 is 19.9 Å². The molecule has 0 amide bonds. The van der Waals surface area contributed by atoms with E-state index in [4.69, 9.17) is 9.47 Å². The number of methoxy groups -OCH3 is 2. The van der Waals surface area contributed by atoms with E-state index < -0.39 is 0 Å². The van der Waals surface area contributed by atoms with Crippen molar-refractivity contribution >= 4 is 5.69 Å². The van der Waals surface area contributed by atoms with Gasteiger partial charge in [0.05, 0.1) is 25.4 Å². The third-order valence-corrected chi connectivity index (χ3v) is 3.99. The van der Waals surface area contributed by atoms with Crippen LogP contribution in [0.4, 0.5) is 5.69 Å². The fourth-order valence-corrected chi connectivity index (χ4v) is 2.90. The van der Waals surface area contributed by atoms with Crippen LogP contribution in [0.15, 0.2) is 24.3 Å². The Bertz CT molecular complexity index is 410. The van der Waals surface area contributed by atoms with Crippen molar-refractivity contribution in [2.45, 2.75) is 37.3 Å². The van der Waals surface area contributed by atoms with Crippen LogP contribution in [-0.4, -0.2) is 37.6 Å². The van der Waals surface area contributed by atoms with E-state index in [9.17, 15) is 5.11 Å². The summed E-state index contributed by atoms with van der Waals surface area (Å²) in [4.78, 5) is 0. The van der Waals surface area contributed by atoms with Crippen molar-refractivity contribution in [1.29, 1.82) is 0 Å². The molecule has 1 aromatic carbocycles. The molecule has 106 valence electrons. The summed E-state index contributed by atoms with van der Waals surface area (Å²) in [5.74, 6) is 0.808. The number of benzene rings is 1. The number of rotatable bonds is 5. The zero-order valence-electron chi connectivity index (χ0n) is 11.7. The van der Waals surface area contributed by atoms with E-state index in [0.717, 1.165) is 37.1 Å². The van der Waals surface area contributed by atoms with E-state index >= 15 is 0 Å². The molecular weight excluding hydrogens is 242 g/mol. The van der Waals surface area contributed by atoms with E-state index in [0.29, 0.717) is 0 Å². The lowest BCUT2D eigenvalue weighted by atomic mass is 9.79. The first-order valence-electron chi connectivity index (χ1n) is 6.80. The fourth-order valence-electron chi connectivity index (χ4n) is 2.90. The first-order chi connectivity index (χ1) is 9.24. The second-order valence-electron chi connectivity index (χ2n) is 5.14. The molecule has 0 heterocycles. The molecule has 4 heteroatoms. The molecule has 1 saturated carbocycles. The summed E-state index contributed by atoms with van der Waals surface area (Å²) in [6.07, 6.45) is 4.20. The molecule has 0 radical (unpaired) electrons. The maximum atomic E-state index is 9.86. The second-order valence-corrected chi connectivity index (χ2v) is 5.14. The van der Waals surface area contributed by atoms with Crippen molar-refractivity contribution in [1.82, 2.24) is 0 Å². The molecule has 1 aliphatic rings. The number of ether oxygens (including phenoxy) is 2. The number of nitrogens with one attached hydrogen (secondary N) is 1. The third kappa shape index (κ3) is 3.01. The van der Waals surface area contributed by atoms with Crippen LogP contribution in [0.1, 0.15) is 25.7 Å². The maximum Gasteiger partial charge on any atom is 0.120 e. The van der Waals surface area contributed by atoms with E-state index in [1.807, 2.05) is 24.3 Å². The van der Waals surface area contributed by atoms with Gasteiger partial charge in [-0.2, -0.15) is 0 Å². The highest BCUT2D eigenvalue weighted by atomic mass is 16.5. The van der Waals surface area contributed by atoms with Crippen molar-refractivity contribution in [2.24, 2.45) is 0 Å². The minimum atomic E-state index is -0.390. The van der Waals surface area contributed by atoms with Crippen molar-refractivity contribution in [3.05, 3.63) is 24.3 Å². The van der Waals surface area contributed by atoms with Gasteiger partial charge in [-0.15, -0.1) is 0 Å². The second kappa shape index (κ2) is 6.26. The molecule has 2 atom stereocenters. The molecule has 2 N–H and O–H groups in total. The SMILES string of the molecule is COc1cccc(NC2(CO)CCCCC2OC)c1. The van der Waals surface area contributed by atoms with Crippen molar-refractivity contribution in [3.8, 4) is 5.75 Å². The van der Waals surface area contributed by atoms with Crippen LogP contribution in [0.5, 0.6) is 5.75 Å². The number of aliphatic hydroxyl groups is 1. The molecule has 2 unspecified atom stereocenters. The van der Waals surface area contributed by atoms with E-state index in [1.165, 1.54) is 0 Å². The Balaban J connectivity index is 2.20. The van der Waals surface area contributed by atoms with Crippen molar-refractivity contribution in [2.75, 3.05) is 26.1 Å². The predicted octanol–water partition coefficient (Wildman–Crippen LogP) is 2.43. The maximum absolute atomic E-state index is 9.86. The zero-order chi connectivity index (χ0) is 13.7. The summed E-state index contributed by atoms with van der Waals surface area (Å²) in [6, 6.07) is 7.78. The third-order valence-electron chi connectivity index (χ3n) is 3.99. The molecule has 0 saturated heterocycles. The molecule has 0 aliphatic heterocycles. The Morgan fingerprint density at radius 2 is 2.21 bits per heavy atom. The molecule has 1 aromatic rings. The van der Waals surface area contributed by atoms with Crippen LogP contribution in [-0.2, 0) is 4.74 Å². The normalized spacial score (nSPS) is 27.0. The Labute approximate surface area is 114 Å². The first-order valence-corrected chi connectivity index (χ1v) is 6.80. The quantitative estimate of drug-likeness (QED) is 0.858. The van der Waals surface area contributed by atoms with Gasteiger partial charge in [-0.1, -0.05) is 18.9 Å². The van der Waals surface area contributed by atoms with Crippen LogP contribution < -0.4 is 10.1 Å². The van der Waals surface area contributed by atoms with Gasteiger partial charge in [0.1, 0.15) is 5.75 Å². The number of hydrogen-bond acceptors (Lipinski definition) is 4. The average molecular weight is 265 g/mol. The Morgan fingerprint density at radius 1 is 1.37 bits per heavy atom. The van der Waals surface area contributed by atoms with Gasteiger partial charge in [-0.05, 0) is 25.0 Å². The Morgan fingerprint density at radius 3 is 2.89 bits per heavy atom. The highest BCUT2D eigenvalue weighted by Crippen LogP contribution is 2.34. The Hall–Kier alpha value is -1.26. The van der Waals surface area contributed by atoms with Gasteiger partial charge >= 0.3 is 0 Å². The first kappa shape index (κ1) is 14.2. The summed E-state index contributed by atoms with van der Waals surface area (Å²) in [6.45, 7) is 0.0721. The lowest BCUT2D eigenvalue weighted by molar-refractivity contribution is -0.00856. The molecule has 1 fully saturated rings. The number of anilines is 1. The standard InChI is InChI=1S/C15H23NO3/c1-18-13-7-5-6-12(10-13)16-15(11-17)9-4-3-8-14(15)19-2/h5-7,10,14,16-17H,3-4,8-9,11H2,1-2H3.